The standard InChI is InChI=1S/C10H18Cl2/c1-7(2)9-5-4-8(3)6-10(9,11)12/h7-9H,4-6H2,1-3H3. The topological polar surface area (TPSA) is 0 Å². The molecule has 1 aliphatic rings. The fourth-order valence-electron chi connectivity index (χ4n) is 2.21. The Labute approximate surface area is 85.6 Å². The number of hydrogen-bond donors (Lipinski definition) is 0. The van der Waals surface area contributed by atoms with Crippen molar-refractivity contribution < 1.29 is 0 Å². The van der Waals surface area contributed by atoms with Gasteiger partial charge in [0.1, 0.15) is 4.33 Å². The third-order valence-electron chi connectivity index (χ3n) is 2.94. The van der Waals surface area contributed by atoms with E-state index in [0.717, 1.165) is 6.42 Å². The molecule has 2 unspecified atom stereocenters. The molecule has 72 valence electrons. The smallest absolute Gasteiger partial charge is 0.101 e. The van der Waals surface area contributed by atoms with Gasteiger partial charge in [0.25, 0.3) is 0 Å². The summed E-state index contributed by atoms with van der Waals surface area (Å²) in [5, 5.41) is 0. The van der Waals surface area contributed by atoms with Crippen molar-refractivity contribution in [3.8, 4) is 0 Å². The summed E-state index contributed by atoms with van der Waals surface area (Å²) in [7, 11) is 0. The lowest BCUT2D eigenvalue weighted by molar-refractivity contribution is 0.218. The first-order chi connectivity index (χ1) is 5.43. The van der Waals surface area contributed by atoms with Gasteiger partial charge in [0.2, 0.25) is 0 Å². The van der Waals surface area contributed by atoms with Crippen molar-refractivity contribution in [3.63, 3.8) is 0 Å². The second-order valence-corrected chi connectivity index (χ2v) is 6.04. The zero-order valence-electron chi connectivity index (χ0n) is 8.11. The quantitative estimate of drug-likeness (QED) is 0.566. The number of hydrogen-bond acceptors (Lipinski definition) is 0. The molecule has 1 saturated carbocycles. The summed E-state index contributed by atoms with van der Waals surface area (Å²) >= 11 is 12.6. The van der Waals surface area contributed by atoms with Gasteiger partial charge in [-0.05, 0) is 30.6 Å². The molecule has 0 amide bonds. The van der Waals surface area contributed by atoms with Crippen LogP contribution in [-0.4, -0.2) is 4.33 Å². The van der Waals surface area contributed by atoms with Crippen LogP contribution in [-0.2, 0) is 0 Å². The maximum atomic E-state index is 6.29. The Morgan fingerprint density at radius 3 is 2.25 bits per heavy atom. The van der Waals surface area contributed by atoms with Gasteiger partial charge in [-0.3, -0.25) is 0 Å². The van der Waals surface area contributed by atoms with Crippen LogP contribution in [0.2, 0.25) is 0 Å². The first-order valence-corrected chi connectivity index (χ1v) is 5.57. The van der Waals surface area contributed by atoms with Crippen LogP contribution < -0.4 is 0 Å². The van der Waals surface area contributed by atoms with Crippen LogP contribution in [0.3, 0.4) is 0 Å². The van der Waals surface area contributed by atoms with Crippen LogP contribution in [0.1, 0.15) is 40.0 Å². The molecule has 1 aliphatic carbocycles. The lowest BCUT2D eigenvalue weighted by atomic mass is 9.77. The van der Waals surface area contributed by atoms with E-state index >= 15 is 0 Å². The zero-order chi connectivity index (χ0) is 9.35. The number of alkyl halides is 2. The molecule has 0 aliphatic heterocycles. The Balaban J connectivity index is 2.64. The molecule has 0 heterocycles. The van der Waals surface area contributed by atoms with Crippen LogP contribution in [0.4, 0.5) is 0 Å². The van der Waals surface area contributed by atoms with Gasteiger partial charge >= 0.3 is 0 Å². The Kier molecular flexibility index (Phi) is 3.34. The minimum absolute atomic E-state index is 0.466. The fraction of sp³-hybridized carbons (Fsp3) is 1.00. The summed E-state index contributed by atoms with van der Waals surface area (Å²) in [6, 6.07) is 0. The van der Waals surface area contributed by atoms with Gasteiger partial charge in [-0.1, -0.05) is 27.2 Å². The van der Waals surface area contributed by atoms with E-state index in [1.807, 2.05) is 0 Å². The molecule has 0 nitrogen and oxygen atoms in total. The van der Waals surface area contributed by atoms with Crippen molar-refractivity contribution in [2.24, 2.45) is 17.8 Å². The highest BCUT2D eigenvalue weighted by molar-refractivity contribution is 6.48. The van der Waals surface area contributed by atoms with Gasteiger partial charge in [-0.2, -0.15) is 0 Å². The average Bonchev–Trinajstić information content (AvgIpc) is 1.82. The molecule has 0 spiro atoms. The van der Waals surface area contributed by atoms with E-state index < -0.39 is 4.33 Å². The van der Waals surface area contributed by atoms with E-state index in [0.29, 0.717) is 17.8 Å². The second kappa shape index (κ2) is 3.75. The molecule has 0 N–H and O–H groups in total. The Hall–Kier alpha value is 0.580. The third kappa shape index (κ3) is 2.29. The molecule has 0 aromatic rings. The predicted molar refractivity (Wildman–Crippen MR) is 55.8 cm³/mol. The largest absolute Gasteiger partial charge is 0.121 e. The van der Waals surface area contributed by atoms with Crippen molar-refractivity contribution in [3.05, 3.63) is 0 Å². The van der Waals surface area contributed by atoms with Crippen LogP contribution in [0.15, 0.2) is 0 Å². The summed E-state index contributed by atoms with van der Waals surface area (Å²) in [5.41, 5.74) is 0. The number of rotatable bonds is 1. The Bertz CT molecular complexity index is 152. The molecule has 1 fully saturated rings. The predicted octanol–water partition coefficient (Wildman–Crippen LogP) is 4.25. The molecule has 0 aromatic heterocycles. The molecular weight excluding hydrogens is 191 g/mol. The first-order valence-electron chi connectivity index (χ1n) is 4.81. The third-order valence-corrected chi connectivity index (χ3v) is 3.81. The van der Waals surface area contributed by atoms with Gasteiger partial charge in [0.05, 0.1) is 0 Å². The number of halogens is 2. The maximum absolute atomic E-state index is 6.29. The summed E-state index contributed by atoms with van der Waals surface area (Å²) < 4.78 is -0.466. The van der Waals surface area contributed by atoms with E-state index in [1.54, 1.807) is 0 Å². The van der Waals surface area contributed by atoms with E-state index in [1.165, 1.54) is 12.8 Å². The van der Waals surface area contributed by atoms with Crippen LogP contribution >= 0.6 is 23.2 Å². The molecule has 0 aromatic carbocycles. The molecule has 1 rings (SSSR count). The summed E-state index contributed by atoms with van der Waals surface area (Å²) in [4.78, 5) is 0. The molecule has 0 saturated heterocycles. The second-order valence-electron chi connectivity index (χ2n) is 4.50. The molecule has 0 bridgehead atoms. The van der Waals surface area contributed by atoms with Gasteiger partial charge in [-0.25, -0.2) is 0 Å². The van der Waals surface area contributed by atoms with Crippen molar-refractivity contribution in [1.29, 1.82) is 0 Å². The molecule has 2 heteroatoms. The molecule has 0 radical (unpaired) electrons. The summed E-state index contributed by atoms with van der Waals surface area (Å²) in [6.45, 7) is 6.65. The minimum atomic E-state index is -0.466. The molecule has 12 heavy (non-hydrogen) atoms. The normalized spacial score (nSPS) is 35.5. The lowest BCUT2D eigenvalue weighted by Gasteiger charge is -2.39. The highest BCUT2D eigenvalue weighted by Gasteiger charge is 2.41. The van der Waals surface area contributed by atoms with Gasteiger partial charge in [-0.15, -0.1) is 23.2 Å². The van der Waals surface area contributed by atoms with Crippen LogP contribution in [0, 0.1) is 17.8 Å². The average molecular weight is 209 g/mol. The van der Waals surface area contributed by atoms with E-state index in [4.69, 9.17) is 23.2 Å². The Morgan fingerprint density at radius 1 is 1.25 bits per heavy atom. The molecular formula is C10H18Cl2. The van der Waals surface area contributed by atoms with Crippen LogP contribution in [0.25, 0.3) is 0 Å². The van der Waals surface area contributed by atoms with Gasteiger partial charge < -0.3 is 0 Å². The monoisotopic (exact) mass is 208 g/mol. The van der Waals surface area contributed by atoms with E-state index in [9.17, 15) is 0 Å². The van der Waals surface area contributed by atoms with Crippen molar-refractivity contribution >= 4 is 23.2 Å². The van der Waals surface area contributed by atoms with Crippen molar-refractivity contribution in [2.45, 2.75) is 44.4 Å². The first kappa shape index (κ1) is 10.7. The van der Waals surface area contributed by atoms with Gasteiger partial charge in [0.15, 0.2) is 0 Å². The van der Waals surface area contributed by atoms with Crippen molar-refractivity contribution in [1.82, 2.24) is 0 Å². The lowest BCUT2D eigenvalue weighted by Crippen LogP contribution is -2.36. The fourth-order valence-corrected chi connectivity index (χ4v) is 3.46. The maximum Gasteiger partial charge on any atom is 0.121 e. The summed E-state index contributed by atoms with van der Waals surface area (Å²) in [6.07, 6.45) is 3.43. The van der Waals surface area contributed by atoms with Gasteiger partial charge in [0, 0.05) is 0 Å². The minimum Gasteiger partial charge on any atom is -0.101 e. The Morgan fingerprint density at radius 2 is 1.83 bits per heavy atom. The summed E-state index contributed by atoms with van der Waals surface area (Å²) in [5.74, 6) is 1.78. The zero-order valence-corrected chi connectivity index (χ0v) is 9.62. The highest BCUT2D eigenvalue weighted by atomic mass is 35.5. The van der Waals surface area contributed by atoms with E-state index in [2.05, 4.69) is 20.8 Å². The highest BCUT2D eigenvalue weighted by Crippen LogP contribution is 2.47. The van der Waals surface area contributed by atoms with Crippen molar-refractivity contribution in [2.75, 3.05) is 0 Å². The SMILES string of the molecule is CC1CCC(C(C)C)C(Cl)(Cl)C1. The van der Waals surface area contributed by atoms with Crippen LogP contribution in [0.5, 0.6) is 0 Å². The molecule has 2 atom stereocenters. The van der Waals surface area contributed by atoms with E-state index in [-0.39, 0.29) is 0 Å².